The van der Waals surface area contributed by atoms with Crippen LogP contribution in [0.5, 0.6) is 0 Å². The van der Waals surface area contributed by atoms with Gasteiger partial charge < -0.3 is 10.6 Å². The number of nitrogens with zero attached hydrogens (tertiary/aromatic N) is 2. The van der Waals surface area contributed by atoms with E-state index in [9.17, 15) is 24.6 Å². The minimum atomic E-state index is -0.739. The van der Waals surface area contributed by atoms with Crippen LogP contribution >= 0.6 is 12.2 Å². The zero-order valence-electron chi connectivity index (χ0n) is 11.4. The lowest BCUT2D eigenvalue weighted by molar-refractivity contribution is -0.384. The van der Waals surface area contributed by atoms with Crippen LogP contribution in [-0.4, -0.2) is 15.0 Å². The van der Waals surface area contributed by atoms with Gasteiger partial charge in [-0.05, 0) is 36.5 Å². The van der Waals surface area contributed by atoms with E-state index in [1.165, 1.54) is 30.3 Å². The molecular weight excluding hydrogens is 327 g/mol. The van der Waals surface area contributed by atoms with Gasteiger partial charge in [0.25, 0.3) is 11.4 Å². The number of nitro benzene ring substituents is 2. The van der Waals surface area contributed by atoms with Crippen molar-refractivity contribution in [2.75, 3.05) is 10.6 Å². The number of thiocarbonyl (C=S) groups is 1. The Kier molecular flexibility index (Phi) is 4.76. The van der Waals surface area contributed by atoms with Crippen LogP contribution in [0.1, 0.15) is 0 Å². The molecule has 0 aliphatic carbocycles. The van der Waals surface area contributed by atoms with E-state index >= 15 is 0 Å². The zero-order chi connectivity index (χ0) is 17.0. The Labute approximate surface area is 134 Å². The second kappa shape index (κ2) is 6.75. The molecule has 0 fully saturated rings. The average Bonchev–Trinajstić information content (AvgIpc) is 2.49. The molecule has 2 N–H and O–H groups in total. The summed E-state index contributed by atoms with van der Waals surface area (Å²) in [5, 5.41) is 26.8. The molecule has 0 unspecified atom stereocenters. The fraction of sp³-hybridized carbons (Fsp3) is 0. The summed E-state index contributed by atoms with van der Waals surface area (Å²) in [5.41, 5.74) is -0.0601. The third-order valence-corrected chi connectivity index (χ3v) is 2.94. The topological polar surface area (TPSA) is 110 Å². The van der Waals surface area contributed by atoms with Gasteiger partial charge in [-0.1, -0.05) is 0 Å². The van der Waals surface area contributed by atoms with Crippen molar-refractivity contribution in [1.29, 1.82) is 0 Å². The van der Waals surface area contributed by atoms with E-state index in [0.717, 1.165) is 12.1 Å². The van der Waals surface area contributed by atoms with Crippen molar-refractivity contribution in [3.63, 3.8) is 0 Å². The van der Waals surface area contributed by atoms with Crippen LogP contribution in [0.25, 0.3) is 0 Å². The molecule has 0 atom stereocenters. The molecule has 23 heavy (non-hydrogen) atoms. The fourth-order valence-electron chi connectivity index (χ4n) is 1.71. The summed E-state index contributed by atoms with van der Waals surface area (Å²) in [7, 11) is 0. The summed E-state index contributed by atoms with van der Waals surface area (Å²) < 4.78 is 13.1. The maximum absolute atomic E-state index is 13.1. The Morgan fingerprint density at radius 2 is 1.65 bits per heavy atom. The maximum Gasteiger partial charge on any atom is 0.295 e. The summed E-state index contributed by atoms with van der Waals surface area (Å²) >= 11 is 5.01. The van der Waals surface area contributed by atoms with Gasteiger partial charge in [-0.25, -0.2) is 4.39 Å². The van der Waals surface area contributed by atoms with E-state index in [1.54, 1.807) is 0 Å². The minimum absolute atomic E-state index is 0.0218. The van der Waals surface area contributed by atoms with E-state index in [1.807, 2.05) is 0 Å². The molecule has 0 spiro atoms. The molecule has 0 bridgehead atoms. The molecule has 0 saturated heterocycles. The first-order chi connectivity index (χ1) is 10.9. The van der Waals surface area contributed by atoms with Crippen molar-refractivity contribution >= 4 is 40.1 Å². The summed E-state index contributed by atoms with van der Waals surface area (Å²) in [6, 6.07) is 8.46. The smallest absolute Gasteiger partial charge is 0.295 e. The largest absolute Gasteiger partial charge is 0.332 e. The summed E-state index contributed by atoms with van der Waals surface area (Å²) in [4.78, 5) is 20.2. The van der Waals surface area contributed by atoms with Gasteiger partial charge in [0.2, 0.25) is 0 Å². The zero-order valence-corrected chi connectivity index (χ0v) is 12.2. The Hall–Kier alpha value is -3.14. The van der Waals surface area contributed by atoms with Gasteiger partial charge in [-0.15, -0.1) is 0 Å². The van der Waals surface area contributed by atoms with Crippen LogP contribution < -0.4 is 10.6 Å². The van der Waals surface area contributed by atoms with Crippen molar-refractivity contribution < 1.29 is 14.2 Å². The molecule has 0 saturated carbocycles. The summed E-state index contributed by atoms with van der Waals surface area (Å²) in [6.45, 7) is 0. The highest BCUT2D eigenvalue weighted by Gasteiger charge is 2.16. The molecule has 2 aromatic carbocycles. The lowest BCUT2D eigenvalue weighted by atomic mass is 10.2. The van der Waals surface area contributed by atoms with E-state index in [2.05, 4.69) is 10.6 Å². The van der Waals surface area contributed by atoms with Gasteiger partial charge in [-0.2, -0.15) is 0 Å². The summed E-state index contributed by atoms with van der Waals surface area (Å²) in [5.74, 6) is -0.739. The molecule has 0 aliphatic rings. The second-order valence-corrected chi connectivity index (χ2v) is 4.71. The fourth-order valence-corrected chi connectivity index (χ4v) is 1.94. The molecule has 0 heterocycles. The van der Waals surface area contributed by atoms with Gasteiger partial charge in [0.1, 0.15) is 11.5 Å². The monoisotopic (exact) mass is 336 g/mol. The second-order valence-electron chi connectivity index (χ2n) is 4.30. The lowest BCUT2D eigenvalue weighted by Crippen LogP contribution is -2.19. The van der Waals surface area contributed by atoms with Crippen LogP contribution in [-0.2, 0) is 0 Å². The number of anilines is 2. The average molecular weight is 336 g/mol. The van der Waals surface area contributed by atoms with E-state index in [4.69, 9.17) is 12.2 Å². The molecule has 0 radical (unpaired) electrons. The number of benzene rings is 2. The molecule has 2 aromatic rings. The highest BCUT2D eigenvalue weighted by Crippen LogP contribution is 2.25. The Balaban J connectivity index is 2.11. The molecule has 10 heteroatoms. The molecule has 0 aliphatic heterocycles. The number of hydrogen-bond acceptors (Lipinski definition) is 5. The van der Waals surface area contributed by atoms with Gasteiger partial charge in [-0.3, -0.25) is 20.2 Å². The molecular formula is C13H9FN4O4S. The van der Waals surface area contributed by atoms with Crippen molar-refractivity contribution in [1.82, 2.24) is 0 Å². The first-order valence-corrected chi connectivity index (χ1v) is 6.54. The summed E-state index contributed by atoms with van der Waals surface area (Å²) in [6.07, 6.45) is 0. The lowest BCUT2D eigenvalue weighted by Gasteiger charge is -2.10. The number of non-ortho nitro benzene ring substituents is 1. The highest BCUT2D eigenvalue weighted by atomic mass is 32.1. The number of halogens is 1. The van der Waals surface area contributed by atoms with E-state index < -0.39 is 21.4 Å². The van der Waals surface area contributed by atoms with Crippen LogP contribution in [0.2, 0.25) is 0 Å². The normalized spacial score (nSPS) is 9.96. The number of nitrogens with one attached hydrogen (secondary N) is 2. The maximum atomic E-state index is 13.1. The Bertz CT molecular complexity index is 782. The Morgan fingerprint density at radius 1 is 1.00 bits per heavy atom. The van der Waals surface area contributed by atoms with Crippen LogP contribution in [0.4, 0.5) is 27.1 Å². The van der Waals surface area contributed by atoms with Gasteiger partial charge >= 0.3 is 0 Å². The van der Waals surface area contributed by atoms with Crippen molar-refractivity contribution in [3.8, 4) is 0 Å². The van der Waals surface area contributed by atoms with E-state index in [0.29, 0.717) is 5.69 Å². The number of rotatable bonds is 4. The molecule has 8 nitrogen and oxygen atoms in total. The molecule has 0 aromatic heterocycles. The number of hydrogen-bond donors (Lipinski definition) is 2. The SMILES string of the molecule is O=[N+]([O-])c1ccc(NC(=S)Nc2ccc(F)cc2[N+](=O)[O-])cc1. The highest BCUT2D eigenvalue weighted by molar-refractivity contribution is 7.80. The Morgan fingerprint density at radius 3 is 2.22 bits per heavy atom. The van der Waals surface area contributed by atoms with Crippen molar-refractivity contribution in [2.24, 2.45) is 0 Å². The quantitative estimate of drug-likeness (QED) is 0.500. The standard InChI is InChI=1S/C13H9FN4O4S/c14-8-1-6-11(12(7-8)18(21)22)16-13(23)15-9-2-4-10(5-3-9)17(19)20/h1-7H,(H2,15,16,23). The first-order valence-electron chi connectivity index (χ1n) is 6.13. The predicted octanol–water partition coefficient (Wildman–Crippen LogP) is 3.45. The van der Waals surface area contributed by atoms with E-state index in [-0.39, 0.29) is 16.5 Å². The van der Waals surface area contributed by atoms with Gasteiger partial charge in [0.05, 0.1) is 15.9 Å². The molecule has 118 valence electrons. The number of nitro groups is 2. The van der Waals surface area contributed by atoms with Crippen LogP contribution in [0, 0.1) is 26.0 Å². The van der Waals surface area contributed by atoms with Crippen molar-refractivity contribution in [2.45, 2.75) is 0 Å². The molecule has 2 rings (SSSR count). The van der Waals surface area contributed by atoms with Crippen molar-refractivity contribution in [3.05, 3.63) is 68.5 Å². The van der Waals surface area contributed by atoms with Gasteiger partial charge in [0, 0.05) is 17.8 Å². The third kappa shape index (κ3) is 4.17. The minimum Gasteiger partial charge on any atom is -0.332 e. The van der Waals surface area contributed by atoms with Crippen LogP contribution in [0.3, 0.4) is 0 Å². The first kappa shape index (κ1) is 16.2. The third-order valence-electron chi connectivity index (χ3n) is 2.74. The molecule has 0 amide bonds. The van der Waals surface area contributed by atoms with Gasteiger partial charge in [0.15, 0.2) is 5.11 Å². The van der Waals surface area contributed by atoms with Crippen LogP contribution in [0.15, 0.2) is 42.5 Å². The predicted molar refractivity (Wildman–Crippen MR) is 86.0 cm³/mol.